The minimum atomic E-state index is -1.43. The molecule has 1 amide bonds. The molecule has 0 bridgehead atoms. The second-order valence-corrected chi connectivity index (χ2v) is 12.8. The SMILES string of the molecule is CC1=CC2N(c3ccccc31)C(C(=O)c1ccc([N+](=O)[O-])cc1)C(C(=O)c1ccc(CC(C)C)cc1)C21C(=O)Nc2ccccc21. The quantitative estimate of drug-likeness (QED) is 0.136. The third-order valence-corrected chi connectivity index (χ3v) is 9.68. The average molecular weight is 612 g/mol. The molecule has 230 valence electrons. The number of nitrogens with one attached hydrogen (secondary N) is 1. The summed E-state index contributed by atoms with van der Waals surface area (Å²) < 4.78 is 0. The van der Waals surface area contributed by atoms with Gasteiger partial charge in [0.15, 0.2) is 11.6 Å². The molecule has 1 N–H and O–H groups in total. The van der Waals surface area contributed by atoms with Crippen LogP contribution in [0.1, 0.15) is 58.2 Å². The van der Waals surface area contributed by atoms with E-state index in [4.69, 9.17) is 0 Å². The second kappa shape index (κ2) is 10.9. The van der Waals surface area contributed by atoms with Crippen molar-refractivity contribution in [2.75, 3.05) is 10.2 Å². The molecule has 3 heterocycles. The number of nitrogens with zero attached hydrogens (tertiary/aromatic N) is 2. The van der Waals surface area contributed by atoms with Crippen molar-refractivity contribution >= 4 is 40.1 Å². The molecule has 46 heavy (non-hydrogen) atoms. The molecule has 0 aliphatic carbocycles. The zero-order chi connectivity index (χ0) is 32.3. The number of non-ortho nitro benzene ring substituents is 1. The molecule has 4 aromatic rings. The van der Waals surface area contributed by atoms with Gasteiger partial charge in [-0.1, -0.05) is 80.6 Å². The highest BCUT2D eigenvalue weighted by atomic mass is 16.6. The van der Waals surface area contributed by atoms with Gasteiger partial charge in [-0.05, 0) is 60.2 Å². The Balaban J connectivity index is 1.48. The van der Waals surface area contributed by atoms with Gasteiger partial charge >= 0.3 is 0 Å². The number of hydrogen-bond donors (Lipinski definition) is 1. The van der Waals surface area contributed by atoms with Gasteiger partial charge in [0.05, 0.1) is 16.9 Å². The van der Waals surface area contributed by atoms with E-state index in [1.807, 2.05) is 78.6 Å². The number of para-hydroxylation sites is 2. The molecule has 4 atom stereocenters. The highest BCUT2D eigenvalue weighted by Gasteiger charge is 2.70. The third kappa shape index (κ3) is 4.31. The van der Waals surface area contributed by atoms with Gasteiger partial charge in [-0.3, -0.25) is 24.5 Å². The first-order chi connectivity index (χ1) is 22.1. The molecule has 7 rings (SSSR count). The van der Waals surface area contributed by atoms with E-state index in [0.29, 0.717) is 22.7 Å². The van der Waals surface area contributed by atoms with Crippen LogP contribution in [0, 0.1) is 22.0 Å². The van der Waals surface area contributed by atoms with Crippen molar-refractivity contribution in [3.63, 3.8) is 0 Å². The number of hydrogen-bond acceptors (Lipinski definition) is 6. The molecule has 4 aromatic carbocycles. The summed E-state index contributed by atoms with van der Waals surface area (Å²) >= 11 is 0. The number of anilines is 2. The van der Waals surface area contributed by atoms with Crippen molar-refractivity contribution < 1.29 is 19.3 Å². The molecule has 0 saturated carbocycles. The van der Waals surface area contributed by atoms with E-state index in [1.54, 1.807) is 12.1 Å². The van der Waals surface area contributed by atoms with Gasteiger partial charge < -0.3 is 10.2 Å². The number of nitro groups is 1. The van der Waals surface area contributed by atoms with Crippen LogP contribution in [-0.2, 0) is 16.6 Å². The number of fused-ring (bicyclic) bond motifs is 6. The number of benzene rings is 4. The first kappa shape index (κ1) is 29.3. The van der Waals surface area contributed by atoms with Crippen molar-refractivity contribution in [2.45, 2.75) is 44.7 Å². The molecule has 1 spiro atoms. The zero-order valence-corrected chi connectivity index (χ0v) is 25.8. The third-order valence-electron chi connectivity index (χ3n) is 9.68. The Bertz CT molecular complexity index is 1950. The van der Waals surface area contributed by atoms with E-state index < -0.39 is 28.3 Å². The van der Waals surface area contributed by atoms with Crippen LogP contribution in [0.3, 0.4) is 0 Å². The van der Waals surface area contributed by atoms with Crippen molar-refractivity contribution in [3.8, 4) is 0 Å². The smallest absolute Gasteiger partial charge is 0.269 e. The number of amides is 1. The number of nitro benzene ring substituents is 1. The Labute approximate surface area is 266 Å². The number of Topliss-reactive ketones (excluding diaryl/α,β-unsaturated/α-hetero) is 2. The van der Waals surface area contributed by atoms with Gasteiger partial charge in [-0.2, -0.15) is 0 Å². The molecule has 1 fully saturated rings. The van der Waals surface area contributed by atoms with Gasteiger partial charge in [0, 0.05) is 40.2 Å². The number of allylic oxidation sites excluding steroid dienone is 1. The Morgan fingerprint density at radius 3 is 2.22 bits per heavy atom. The Hall–Kier alpha value is -5.37. The van der Waals surface area contributed by atoms with E-state index in [1.165, 1.54) is 24.3 Å². The number of carbonyl (C=O) groups excluding carboxylic acids is 3. The lowest BCUT2D eigenvalue weighted by Gasteiger charge is -2.39. The summed E-state index contributed by atoms with van der Waals surface area (Å²) in [5.41, 5.74) is 4.08. The van der Waals surface area contributed by atoms with Gasteiger partial charge in [-0.25, -0.2) is 0 Å². The summed E-state index contributed by atoms with van der Waals surface area (Å²) in [7, 11) is 0. The van der Waals surface area contributed by atoms with Gasteiger partial charge in [0.2, 0.25) is 5.91 Å². The molecule has 4 unspecified atom stereocenters. The lowest BCUT2D eigenvalue weighted by molar-refractivity contribution is -0.384. The van der Waals surface area contributed by atoms with E-state index in [-0.39, 0.29) is 28.7 Å². The van der Waals surface area contributed by atoms with E-state index >= 15 is 4.79 Å². The lowest BCUT2D eigenvalue weighted by atomic mass is 9.64. The van der Waals surface area contributed by atoms with Gasteiger partial charge in [-0.15, -0.1) is 0 Å². The highest BCUT2D eigenvalue weighted by molar-refractivity contribution is 6.18. The van der Waals surface area contributed by atoms with E-state index in [2.05, 4.69) is 19.2 Å². The summed E-state index contributed by atoms with van der Waals surface area (Å²) in [4.78, 5) is 57.3. The minimum absolute atomic E-state index is 0.141. The van der Waals surface area contributed by atoms with Gasteiger partial charge in [0.25, 0.3) is 5.69 Å². The number of ketones is 2. The maximum atomic E-state index is 15.1. The molecule has 3 aliphatic heterocycles. The van der Waals surface area contributed by atoms with Crippen LogP contribution in [-0.4, -0.2) is 34.5 Å². The summed E-state index contributed by atoms with van der Waals surface area (Å²) in [5, 5.41) is 14.5. The van der Waals surface area contributed by atoms with Crippen LogP contribution >= 0.6 is 0 Å². The van der Waals surface area contributed by atoms with E-state index in [0.717, 1.165) is 28.8 Å². The van der Waals surface area contributed by atoms with Crippen LogP contribution in [0.25, 0.3) is 5.57 Å². The fraction of sp³-hybridized carbons (Fsp3) is 0.237. The molecule has 1 saturated heterocycles. The minimum Gasteiger partial charge on any atom is -0.352 e. The summed E-state index contributed by atoms with van der Waals surface area (Å²) in [5.74, 6) is -1.70. The predicted molar refractivity (Wildman–Crippen MR) is 177 cm³/mol. The lowest BCUT2D eigenvalue weighted by Crippen LogP contribution is -2.51. The molecule has 8 heteroatoms. The molecule has 8 nitrogen and oxygen atoms in total. The monoisotopic (exact) mass is 611 g/mol. The fourth-order valence-corrected chi connectivity index (χ4v) is 7.76. The van der Waals surface area contributed by atoms with Gasteiger partial charge in [0.1, 0.15) is 11.5 Å². The fourth-order valence-electron chi connectivity index (χ4n) is 7.76. The number of rotatable bonds is 7. The van der Waals surface area contributed by atoms with E-state index in [9.17, 15) is 19.7 Å². The van der Waals surface area contributed by atoms with Crippen molar-refractivity contribution in [2.24, 2.45) is 11.8 Å². The largest absolute Gasteiger partial charge is 0.352 e. The van der Waals surface area contributed by atoms with Crippen molar-refractivity contribution in [3.05, 3.63) is 141 Å². The molecule has 0 aromatic heterocycles. The maximum absolute atomic E-state index is 15.1. The summed E-state index contributed by atoms with van der Waals surface area (Å²) in [6.07, 6.45) is 2.87. The summed E-state index contributed by atoms with van der Waals surface area (Å²) in [6.45, 7) is 6.25. The average Bonchev–Trinajstić information content (AvgIpc) is 3.52. The molecule has 3 aliphatic rings. The Morgan fingerprint density at radius 1 is 0.891 bits per heavy atom. The normalized spacial score (nSPS) is 22.6. The summed E-state index contributed by atoms with van der Waals surface area (Å²) in [6, 6.07) is 26.3. The first-order valence-corrected chi connectivity index (χ1v) is 15.5. The van der Waals surface area contributed by atoms with Crippen LogP contribution in [0.4, 0.5) is 17.1 Å². The molecular weight excluding hydrogens is 578 g/mol. The van der Waals surface area contributed by atoms with Crippen LogP contribution in [0.15, 0.2) is 103 Å². The van der Waals surface area contributed by atoms with Crippen LogP contribution < -0.4 is 10.2 Å². The first-order valence-electron chi connectivity index (χ1n) is 15.5. The Morgan fingerprint density at radius 2 is 1.52 bits per heavy atom. The standard InChI is InChI=1S/C38H33N3O5/c1-22(2)20-24-12-14-25(15-13-24)35(42)33-34(36(43)26-16-18-27(19-17-26)41(45)46)40-31-11-7-4-8-28(31)23(3)21-32(40)38(33)29-9-5-6-10-30(29)39-37(38)44/h4-19,21-22,32-34H,20H2,1-3H3,(H,39,44). The number of carbonyl (C=O) groups is 3. The van der Waals surface area contributed by atoms with Crippen molar-refractivity contribution in [1.82, 2.24) is 0 Å². The molecule has 0 radical (unpaired) electrons. The predicted octanol–water partition coefficient (Wildman–Crippen LogP) is 7.04. The molecular formula is C38H33N3O5. The van der Waals surface area contributed by atoms with Crippen LogP contribution in [0.5, 0.6) is 0 Å². The Kier molecular flexibility index (Phi) is 6.96. The topological polar surface area (TPSA) is 110 Å². The van der Waals surface area contributed by atoms with Crippen molar-refractivity contribution in [1.29, 1.82) is 0 Å². The zero-order valence-electron chi connectivity index (χ0n) is 25.8. The second-order valence-electron chi connectivity index (χ2n) is 12.8. The maximum Gasteiger partial charge on any atom is 0.269 e. The highest BCUT2D eigenvalue weighted by Crippen LogP contribution is 2.58. The van der Waals surface area contributed by atoms with Crippen LogP contribution in [0.2, 0.25) is 0 Å².